The average Bonchev–Trinajstić information content (AvgIpc) is 3.61. The number of methoxy groups -OCH3 is 1. The standard InChI is InChI=1S/C32H32N2O5/c1-21-6-4-7-22(2)31(21)38-19-26-16-23(10-14-29(26)36-3)18-33-34-32(35)30-15-13-28(39-30)20-37-27-12-11-24-8-5-9-25(24)17-27/h4,6-7,10-18H,5,8-9,19-20H2,1-3H3,(H,34,35). The highest BCUT2D eigenvalue weighted by atomic mass is 16.5. The molecule has 0 spiro atoms. The van der Waals surface area contributed by atoms with E-state index in [1.54, 1.807) is 25.5 Å². The lowest BCUT2D eigenvalue weighted by Crippen LogP contribution is -2.16. The van der Waals surface area contributed by atoms with Crippen molar-refractivity contribution in [2.45, 2.75) is 46.3 Å². The molecule has 1 aromatic heterocycles. The molecule has 0 saturated heterocycles. The summed E-state index contributed by atoms with van der Waals surface area (Å²) in [4.78, 5) is 12.5. The van der Waals surface area contributed by atoms with Crippen LogP contribution in [0.15, 0.2) is 76.2 Å². The van der Waals surface area contributed by atoms with Crippen LogP contribution < -0.4 is 19.6 Å². The summed E-state index contributed by atoms with van der Waals surface area (Å²) < 4.78 is 23.1. The number of nitrogens with one attached hydrogen (secondary N) is 1. The molecule has 39 heavy (non-hydrogen) atoms. The Morgan fingerprint density at radius 3 is 2.59 bits per heavy atom. The van der Waals surface area contributed by atoms with Crippen LogP contribution in [0.4, 0.5) is 0 Å². The maximum absolute atomic E-state index is 12.5. The number of carbonyl (C=O) groups is 1. The number of hydrogen-bond acceptors (Lipinski definition) is 6. The minimum Gasteiger partial charge on any atom is -0.496 e. The number of fused-ring (bicyclic) bond motifs is 1. The van der Waals surface area contributed by atoms with Crippen molar-refractivity contribution in [3.8, 4) is 17.2 Å². The highest BCUT2D eigenvalue weighted by molar-refractivity contribution is 5.92. The predicted octanol–water partition coefficient (Wildman–Crippen LogP) is 6.32. The van der Waals surface area contributed by atoms with E-state index in [4.69, 9.17) is 18.6 Å². The van der Waals surface area contributed by atoms with Gasteiger partial charge in [-0.25, -0.2) is 5.43 Å². The van der Waals surface area contributed by atoms with Gasteiger partial charge in [0.15, 0.2) is 5.76 Å². The lowest BCUT2D eigenvalue weighted by atomic mass is 10.1. The highest BCUT2D eigenvalue weighted by Crippen LogP contribution is 2.27. The van der Waals surface area contributed by atoms with Crippen LogP contribution in [0.3, 0.4) is 0 Å². The van der Waals surface area contributed by atoms with Gasteiger partial charge in [-0.2, -0.15) is 5.10 Å². The predicted molar refractivity (Wildman–Crippen MR) is 150 cm³/mol. The van der Waals surface area contributed by atoms with Crippen molar-refractivity contribution in [3.63, 3.8) is 0 Å². The molecule has 4 aromatic rings. The lowest BCUT2D eigenvalue weighted by Gasteiger charge is -2.14. The third-order valence-electron chi connectivity index (χ3n) is 6.80. The molecule has 7 heteroatoms. The summed E-state index contributed by atoms with van der Waals surface area (Å²) in [7, 11) is 1.63. The largest absolute Gasteiger partial charge is 0.496 e. The number of aryl methyl sites for hydroxylation is 4. The van der Waals surface area contributed by atoms with Crippen LogP contribution in [-0.2, 0) is 26.1 Å². The molecule has 0 fully saturated rings. The molecule has 7 nitrogen and oxygen atoms in total. The summed E-state index contributed by atoms with van der Waals surface area (Å²) in [6.45, 7) is 4.63. The topological polar surface area (TPSA) is 82.3 Å². The van der Waals surface area contributed by atoms with Gasteiger partial charge in [-0.15, -0.1) is 0 Å². The fraction of sp³-hybridized carbons (Fsp3) is 0.250. The van der Waals surface area contributed by atoms with E-state index in [-0.39, 0.29) is 12.4 Å². The molecule has 0 atom stereocenters. The highest BCUT2D eigenvalue weighted by Gasteiger charge is 2.14. The number of ether oxygens (including phenoxy) is 3. The van der Waals surface area contributed by atoms with E-state index in [2.05, 4.69) is 22.7 Å². The maximum atomic E-state index is 12.5. The number of amides is 1. The monoisotopic (exact) mass is 524 g/mol. The average molecular weight is 525 g/mol. The second-order valence-corrected chi connectivity index (χ2v) is 9.62. The van der Waals surface area contributed by atoms with Crippen LogP contribution in [0.2, 0.25) is 0 Å². The molecule has 1 N–H and O–H groups in total. The third kappa shape index (κ3) is 6.32. The Balaban J connectivity index is 1.16. The van der Waals surface area contributed by atoms with E-state index in [0.29, 0.717) is 18.1 Å². The Hall–Kier alpha value is -4.52. The molecular formula is C32H32N2O5. The van der Waals surface area contributed by atoms with Gasteiger partial charge in [0.25, 0.3) is 0 Å². The van der Waals surface area contributed by atoms with Crippen molar-refractivity contribution in [2.24, 2.45) is 5.10 Å². The number of carbonyl (C=O) groups excluding carboxylic acids is 1. The van der Waals surface area contributed by atoms with Crippen LogP contribution in [0.5, 0.6) is 17.2 Å². The smallest absolute Gasteiger partial charge is 0.307 e. The van der Waals surface area contributed by atoms with Gasteiger partial charge in [0.1, 0.15) is 36.2 Å². The van der Waals surface area contributed by atoms with Gasteiger partial charge < -0.3 is 18.6 Å². The molecule has 0 saturated carbocycles. The minimum atomic E-state index is -0.442. The van der Waals surface area contributed by atoms with E-state index in [0.717, 1.165) is 46.6 Å². The fourth-order valence-electron chi connectivity index (χ4n) is 4.76. The fourth-order valence-corrected chi connectivity index (χ4v) is 4.76. The van der Waals surface area contributed by atoms with Crippen LogP contribution in [0.25, 0.3) is 0 Å². The van der Waals surface area contributed by atoms with Crippen LogP contribution >= 0.6 is 0 Å². The number of hydrogen-bond donors (Lipinski definition) is 1. The minimum absolute atomic E-state index is 0.164. The van der Waals surface area contributed by atoms with E-state index < -0.39 is 5.91 Å². The van der Waals surface area contributed by atoms with Crippen LogP contribution in [0, 0.1) is 13.8 Å². The molecule has 0 unspecified atom stereocenters. The Morgan fingerprint density at radius 2 is 1.77 bits per heavy atom. The zero-order valence-electron chi connectivity index (χ0n) is 22.5. The molecular weight excluding hydrogens is 492 g/mol. The Bertz CT molecular complexity index is 1480. The molecule has 0 radical (unpaired) electrons. The number of benzene rings is 3. The number of hydrazone groups is 1. The number of para-hydroxylation sites is 1. The van der Waals surface area contributed by atoms with E-state index in [1.807, 2.05) is 56.3 Å². The van der Waals surface area contributed by atoms with E-state index in [1.165, 1.54) is 17.5 Å². The Morgan fingerprint density at radius 1 is 0.949 bits per heavy atom. The van der Waals surface area contributed by atoms with Crippen molar-refractivity contribution < 1.29 is 23.4 Å². The molecule has 5 rings (SSSR count). The number of rotatable bonds is 10. The summed E-state index contributed by atoms with van der Waals surface area (Å²) in [6, 6.07) is 21.2. The molecule has 0 aliphatic heterocycles. The van der Waals surface area contributed by atoms with Gasteiger partial charge in [0, 0.05) is 5.56 Å². The SMILES string of the molecule is COc1ccc(C=NNC(=O)c2ccc(COc3ccc4c(c3)CCC4)o2)cc1COc1c(C)cccc1C. The van der Waals surface area contributed by atoms with E-state index in [9.17, 15) is 4.79 Å². The first kappa shape index (κ1) is 26.1. The van der Waals surface area contributed by atoms with Gasteiger partial charge in [0.2, 0.25) is 0 Å². The molecule has 1 amide bonds. The first-order valence-corrected chi connectivity index (χ1v) is 13.0. The normalized spacial score (nSPS) is 12.4. The van der Waals surface area contributed by atoms with Crippen LogP contribution in [0.1, 0.15) is 56.1 Å². The van der Waals surface area contributed by atoms with Gasteiger partial charge in [-0.05, 0) is 103 Å². The van der Waals surface area contributed by atoms with Gasteiger partial charge in [-0.1, -0.05) is 24.3 Å². The lowest BCUT2D eigenvalue weighted by molar-refractivity contribution is 0.0923. The van der Waals surface area contributed by atoms with Gasteiger partial charge in [-0.3, -0.25) is 4.79 Å². The van der Waals surface area contributed by atoms with Crippen molar-refractivity contribution in [2.75, 3.05) is 7.11 Å². The molecule has 1 aliphatic rings. The van der Waals surface area contributed by atoms with Gasteiger partial charge in [0.05, 0.1) is 13.3 Å². The van der Waals surface area contributed by atoms with Crippen LogP contribution in [-0.4, -0.2) is 19.2 Å². The van der Waals surface area contributed by atoms with E-state index >= 15 is 0 Å². The summed E-state index contributed by atoms with van der Waals surface area (Å²) >= 11 is 0. The van der Waals surface area contributed by atoms with Crippen molar-refractivity contribution in [1.29, 1.82) is 0 Å². The molecule has 1 aliphatic carbocycles. The van der Waals surface area contributed by atoms with Crippen molar-refractivity contribution in [1.82, 2.24) is 5.43 Å². The molecule has 0 bridgehead atoms. The third-order valence-corrected chi connectivity index (χ3v) is 6.80. The zero-order valence-corrected chi connectivity index (χ0v) is 22.5. The summed E-state index contributed by atoms with van der Waals surface area (Å²) in [6.07, 6.45) is 4.99. The number of furan rings is 1. The summed E-state index contributed by atoms with van der Waals surface area (Å²) in [5.74, 6) is 2.67. The van der Waals surface area contributed by atoms with Gasteiger partial charge >= 0.3 is 5.91 Å². The summed E-state index contributed by atoms with van der Waals surface area (Å²) in [5, 5.41) is 4.10. The Kier molecular flexibility index (Phi) is 7.96. The quantitative estimate of drug-likeness (QED) is 0.194. The summed E-state index contributed by atoms with van der Waals surface area (Å²) in [5.41, 5.74) is 9.08. The first-order chi connectivity index (χ1) is 19.0. The maximum Gasteiger partial charge on any atom is 0.307 e. The molecule has 1 heterocycles. The molecule has 200 valence electrons. The first-order valence-electron chi connectivity index (χ1n) is 13.0. The second kappa shape index (κ2) is 11.9. The van der Waals surface area contributed by atoms with Crippen molar-refractivity contribution in [3.05, 3.63) is 112 Å². The molecule has 3 aromatic carbocycles. The second-order valence-electron chi connectivity index (χ2n) is 9.62. The zero-order chi connectivity index (χ0) is 27.2. The van der Waals surface area contributed by atoms with Crippen molar-refractivity contribution >= 4 is 12.1 Å². The Labute approximate surface area is 228 Å². The number of nitrogens with zero attached hydrogens (tertiary/aromatic N) is 1.